The van der Waals surface area contributed by atoms with Crippen molar-refractivity contribution in [1.29, 1.82) is 0 Å². The molecule has 1 aliphatic rings. The molecule has 0 bridgehead atoms. The van der Waals surface area contributed by atoms with Crippen molar-refractivity contribution in [3.05, 3.63) is 40.6 Å². The van der Waals surface area contributed by atoms with Gasteiger partial charge in [-0.25, -0.2) is 4.68 Å². The van der Waals surface area contributed by atoms with Gasteiger partial charge in [-0.1, -0.05) is 25.5 Å². The summed E-state index contributed by atoms with van der Waals surface area (Å²) in [6.45, 7) is 6.18. The Balaban J connectivity index is 2.03. The summed E-state index contributed by atoms with van der Waals surface area (Å²) in [7, 11) is -0.920. The molecular formula is C18H23N3O2S. The van der Waals surface area contributed by atoms with Gasteiger partial charge in [-0.2, -0.15) is 5.10 Å². The smallest absolute Gasteiger partial charge is 0.225 e. The molecule has 2 aromatic rings. The second kappa shape index (κ2) is 6.89. The van der Waals surface area contributed by atoms with Crippen LogP contribution in [0.3, 0.4) is 0 Å². The molecule has 6 heteroatoms. The average Bonchev–Trinajstić information content (AvgIpc) is 3.05. The van der Waals surface area contributed by atoms with E-state index in [1.165, 1.54) is 5.56 Å². The van der Waals surface area contributed by atoms with Gasteiger partial charge in [0.15, 0.2) is 0 Å². The zero-order valence-electron chi connectivity index (χ0n) is 14.4. The van der Waals surface area contributed by atoms with Crippen LogP contribution in [0.4, 0.5) is 5.82 Å². The summed E-state index contributed by atoms with van der Waals surface area (Å²) in [5, 5.41) is 7.67. The van der Waals surface area contributed by atoms with Gasteiger partial charge in [-0.05, 0) is 37.5 Å². The van der Waals surface area contributed by atoms with Crippen molar-refractivity contribution in [3.63, 3.8) is 0 Å². The van der Waals surface area contributed by atoms with Crippen LogP contribution in [0.1, 0.15) is 48.6 Å². The van der Waals surface area contributed by atoms with E-state index in [-0.39, 0.29) is 5.91 Å². The molecule has 1 aliphatic heterocycles. The Morgan fingerprint density at radius 3 is 2.88 bits per heavy atom. The maximum atomic E-state index is 12.3. The lowest BCUT2D eigenvalue weighted by atomic mass is 10.1. The lowest BCUT2D eigenvalue weighted by Crippen LogP contribution is -2.16. The van der Waals surface area contributed by atoms with E-state index >= 15 is 0 Å². The van der Waals surface area contributed by atoms with Gasteiger partial charge in [0.2, 0.25) is 5.91 Å². The lowest BCUT2D eigenvalue weighted by Gasteiger charge is -2.14. The van der Waals surface area contributed by atoms with Crippen molar-refractivity contribution in [1.82, 2.24) is 9.78 Å². The first-order chi connectivity index (χ1) is 11.5. The number of nitrogens with one attached hydrogen (secondary N) is 1. The number of benzene rings is 1. The van der Waals surface area contributed by atoms with E-state index < -0.39 is 10.8 Å². The first-order valence-corrected chi connectivity index (χ1v) is 9.82. The summed E-state index contributed by atoms with van der Waals surface area (Å²) in [5.41, 5.74) is 5.01. The first-order valence-electron chi connectivity index (χ1n) is 8.33. The van der Waals surface area contributed by atoms with Crippen LogP contribution in [-0.2, 0) is 27.1 Å². The van der Waals surface area contributed by atoms with Gasteiger partial charge in [-0.15, -0.1) is 0 Å². The van der Waals surface area contributed by atoms with Crippen LogP contribution >= 0.6 is 0 Å². The van der Waals surface area contributed by atoms with E-state index in [0.717, 1.165) is 35.3 Å². The van der Waals surface area contributed by atoms with Crippen molar-refractivity contribution in [2.45, 2.75) is 51.5 Å². The highest BCUT2D eigenvalue weighted by Crippen LogP contribution is 2.32. The number of aromatic nitrogens is 2. The quantitative estimate of drug-likeness (QED) is 0.903. The maximum Gasteiger partial charge on any atom is 0.225 e. The molecule has 24 heavy (non-hydrogen) atoms. The van der Waals surface area contributed by atoms with Crippen molar-refractivity contribution < 1.29 is 9.00 Å². The monoisotopic (exact) mass is 345 g/mol. The Morgan fingerprint density at radius 1 is 1.33 bits per heavy atom. The number of nitrogens with zero attached hydrogens (tertiary/aromatic N) is 2. The molecule has 0 spiro atoms. The molecule has 3 rings (SSSR count). The number of rotatable bonds is 5. The average molecular weight is 345 g/mol. The number of carbonyl (C=O) groups is 1. The minimum absolute atomic E-state index is 0.0104. The van der Waals surface area contributed by atoms with E-state index in [1.54, 1.807) is 0 Å². The predicted octanol–water partition coefficient (Wildman–Crippen LogP) is 3.38. The molecule has 1 amide bonds. The normalized spacial score (nSPS) is 16.2. The fourth-order valence-electron chi connectivity index (χ4n) is 2.93. The number of aryl methyl sites for hydroxylation is 1. The van der Waals surface area contributed by atoms with Gasteiger partial charge >= 0.3 is 0 Å². The van der Waals surface area contributed by atoms with Crippen molar-refractivity contribution in [3.8, 4) is 5.69 Å². The van der Waals surface area contributed by atoms with E-state index in [0.29, 0.717) is 23.7 Å². The van der Waals surface area contributed by atoms with E-state index in [1.807, 2.05) is 16.8 Å². The van der Waals surface area contributed by atoms with E-state index in [4.69, 9.17) is 0 Å². The van der Waals surface area contributed by atoms with Gasteiger partial charge < -0.3 is 5.32 Å². The molecule has 1 atom stereocenters. The zero-order chi connectivity index (χ0) is 17.3. The third-order valence-electron chi connectivity index (χ3n) is 4.49. The van der Waals surface area contributed by atoms with Gasteiger partial charge in [-0.3, -0.25) is 9.00 Å². The van der Waals surface area contributed by atoms with Gasteiger partial charge in [0, 0.05) is 22.8 Å². The van der Waals surface area contributed by atoms with Crippen LogP contribution in [0.5, 0.6) is 0 Å². The van der Waals surface area contributed by atoms with Gasteiger partial charge in [0.25, 0.3) is 0 Å². The van der Waals surface area contributed by atoms with Crippen LogP contribution in [0.15, 0.2) is 18.2 Å². The number of carbonyl (C=O) groups excluding carboxylic acids is 1. The number of anilines is 1. The number of fused-ring (bicyclic) bond motifs is 1. The second-order valence-electron chi connectivity index (χ2n) is 6.28. The third-order valence-corrected chi connectivity index (χ3v) is 5.70. The Labute approximate surface area is 144 Å². The summed E-state index contributed by atoms with van der Waals surface area (Å²) in [6, 6.07) is 6.05. The van der Waals surface area contributed by atoms with Crippen molar-refractivity contribution in [2.75, 3.05) is 5.32 Å². The molecule has 128 valence electrons. The minimum Gasteiger partial charge on any atom is -0.310 e. The van der Waals surface area contributed by atoms with Crippen molar-refractivity contribution >= 4 is 22.5 Å². The van der Waals surface area contributed by atoms with E-state index in [2.05, 4.69) is 37.3 Å². The van der Waals surface area contributed by atoms with Crippen LogP contribution < -0.4 is 5.32 Å². The summed E-state index contributed by atoms with van der Waals surface area (Å²) >= 11 is 0. The van der Waals surface area contributed by atoms with Gasteiger partial charge in [0.1, 0.15) is 5.82 Å². The Bertz CT molecular complexity index is 811. The molecule has 1 aromatic carbocycles. The molecule has 5 nitrogen and oxygen atoms in total. The summed E-state index contributed by atoms with van der Waals surface area (Å²) in [6.07, 6.45) is 2.33. The molecule has 0 aliphatic carbocycles. The number of amides is 1. The largest absolute Gasteiger partial charge is 0.310 e. The Kier molecular flexibility index (Phi) is 4.85. The number of unbranched alkanes of at least 4 members (excludes halogenated alkanes) is 1. The van der Waals surface area contributed by atoms with Crippen LogP contribution in [0.25, 0.3) is 5.69 Å². The Morgan fingerprint density at radius 2 is 2.12 bits per heavy atom. The lowest BCUT2D eigenvalue weighted by molar-refractivity contribution is -0.116. The highest BCUT2D eigenvalue weighted by atomic mass is 32.2. The minimum atomic E-state index is -0.920. The molecule has 0 unspecified atom stereocenters. The molecule has 0 fully saturated rings. The molecule has 2 heterocycles. The fourth-order valence-corrected chi connectivity index (χ4v) is 4.19. The standard InChI is InChI=1S/C18H23N3O2S/c1-4-5-9-17(22)19-18-14-10-24(23)11-15(14)20-21(18)16-8-6-7-12(2)13(16)3/h6-8H,4-5,9-11H2,1-3H3,(H,19,22)/t24-/m1/s1. The van der Waals surface area contributed by atoms with Crippen LogP contribution in [-0.4, -0.2) is 19.9 Å². The van der Waals surface area contributed by atoms with Crippen LogP contribution in [0.2, 0.25) is 0 Å². The Hall–Kier alpha value is -1.95. The highest BCUT2D eigenvalue weighted by molar-refractivity contribution is 7.83. The highest BCUT2D eigenvalue weighted by Gasteiger charge is 2.28. The topological polar surface area (TPSA) is 64.0 Å². The van der Waals surface area contributed by atoms with Crippen LogP contribution in [0, 0.1) is 13.8 Å². The summed E-state index contributed by atoms with van der Waals surface area (Å²) in [4.78, 5) is 12.3. The fraction of sp³-hybridized carbons (Fsp3) is 0.444. The summed E-state index contributed by atoms with van der Waals surface area (Å²) < 4.78 is 13.7. The molecule has 0 saturated heterocycles. The summed E-state index contributed by atoms with van der Waals surface area (Å²) in [5.74, 6) is 1.60. The van der Waals surface area contributed by atoms with Crippen molar-refractivity contribution in [2.24, 2.45) is 0 Å². The second-order valence-corrected chi connectivity index (χ2v) is 7.74. The maximum absolute atomic E-state index is 12.3. The number of hydrogen-bond acceptors (Lipinski definition) is 3. The molecule has 1 aromatic heterocycles. The molecule has 0 radical (unpaired) electrons. The number of hydrogen-bond donors (Lipinski definition) is 1. The molecule has 1 N–H and O–H groups in total. The SMILES string of the molecule is CCCCC(=O)Nc1c2c(nn1-c1cccc(C)c1C)C[S@](=O)C2. The molecular weight excluding hydrogens is 322 g/mol. The predicted molar refractivity (Wildman–Crippen MR) is 96.7 cm³/mol. The first kappa shape index (κ1) is 16.9. The van der Waals surface area contributed by atoms with E-state index in [9.17, 15) is 9.00 Å². The molecule has 0 saturated carbocycles. The van der Waals surface area contributed by atoms with Gasteiger partial charge in [0.05, 0.1) is 22.9 Å². The third kappa shape index (κ3) is 3.15. The zero-order valence-corrected chi connectivity index (χ0v) is 15.2.